The summed E-state index contributed by atoms with van der Waals surface area (Å²) in [5.74, 6) is 1.23. The molecule has 1 amide bonds. The van der Waals surface area contributed by atoms with Crippen molar-refractivity contribution in [3.8, 4) is 17.2 Å². The molecular formula is C21H23N3O5. The molecular weight excluding hydrogens is 374 g/mol. The second-order valence-corrected chi connectivity index (χ2v) is 7.15. The first-order valence-electron chi connectivity index (χ1n) is 9.60. The number of piperidine rings is 1. The highest BCUT2D eigenvalue weighted by Crippen LogP contribution is 2.25. The Morgan fingerprint density at radius 1 is 1.28 bits per heavy atom. The van der Waals surface area contributed by atoms with Crippen molar-refractivity contribution < 1.29 is 18.4 Å². The molecule has 0 spiro atoms. The minimum Gasteiger partial charge on any atom is -0.497 e. The molecule has 1 aliphatic rings. The molecule has 3 heterocycles. The molecule has 3 aromatic rings. The predicted octanol–water partition coefficient (Wildman–Crippen LogP) is 2.82. The van der Waals surface area contributed by atoms with E-state index in [2.05, 4.69) is 5.10 Å². The normalized spacial score (nSPS) is 14.9. The topological polar surface area (TPSA) is 90.7 Å². The molecule has 152 valence electrons. The van der Waals surface area contributed by atoms with E-state index in [0.29, 0.717) is 43.7 Å². The molecule has 0 bridgehead atoms. The highest BCUT2D eigenvalue weighted by Gasteiger charge is 2.27. The van der Waals surface area contributed by atoms with Gasteiger partial charge in [-0.15, -0.1) is 5.10 Å². The average Bonchev–Trinajstić information content (AvgIpc) is 3.33. The van der Waals surface area contributed by atoms with Crippen LogP contribution in [-0.4, -0.2) is 40.8 Å². The number of ether oxygens (including phenoxy) is 1. The van der Waals surface area contributed by atoms with Crippen molar-refractivity contribution in [1.82, 2.24) is 14.7 Å². The monoisotopic (exact) mass is 397 g/mol. The van der Waals surface area contributed by atoms with Gasteiger partial charge in [-0.2, -0.15) is 4.68 Å². The molecule has 0 atom stereocenters. The summed E-state index contributed by atoms with van der Waals surface area (Å²) in [6, 6.07) is 9.16. The van der Waals surface area contributed by atoms with E-state index in [0.717, 1.165) is 11.3 Å². The third-order valence-electron chi connectivity index (χ3n) is 5.31. The highest BCUT2D eigenvalue weighted by atomic mass is 16.5. The lowest BCUT2D eigenvalue weighted by Crippen LogP contribution is -2.41. The number of furan rings is 1. The summed E-state index contributed by atoms with van der Waals surface area (Å²) in [6.07, 6.45) is 3.17. The van der Waals surface area contributed by atoms with E-state index in [1.807, 2.05) is 29.2 Å². The van der Waals surface area contributed by atoms with Gasteiger partial charge in [0.25, 0.3) is 5.89 Å². The maximum absolute atomic E-state index is 12.6. The third-order valence-corrected chi connectivity index (χ3v) is 5.31. The number of aryl methyl sites for hydroxylation is 1. The van der Waals surface area contributed by atoms with Gasteiger partial charge >= 0.3 is 5.76 Å². The van der Waals surface area contributed by atoms with Crippen molar-refractivity contribution in [2.45, 2.75) is 32.2 Å². The number of rotatable bonds is 5. The fourth-order valence-corrected chi connectivity index (χ4v) is 3.66. The third kappa shape index (κ3) is 3.96. The Hall–Kier alpha value is -3.29. The van der Waals surface area contributed by atoms with Crippen molar-refractivity contribution in [3.63, 3.8) is 0 Å². The SMILES string of the molecule is COc1cccc(CC(=O)N2CCC(n3nc(-c4ccoc4C)oc3=O)CC2)c1. The van der Waals surface area contributed by atoms with Crippen LogP contribution >= 0.6 is 0 Å². The largest absolute Gasteiger partial charge is 0.497 e. The van der Waals surface area contributed by atoms with E-state index in [-0.39, 0.29) is 17.8 Å². The van der Waals surface area contributed by atoms with Crippen LogP contribution in [0.3, 0.4) is 0 Å². The van der Waals surface area contributed by atoms with Crippen LogP contribution in [0.4, 0.5) is 0 Å². The molecule has 4 rings (SSSR count). The number of hydrogen-bond donors (Lipinski definition) is 0. The number of hydrogen-bond acceptors (Lipinski definition) is 6. The van der Waals surface area contributed by atoms with Gasteiger partial charge in [-0.05, 0) is 43.5 Å². The van der Waals surface area contributed by atoms with Crippen molar-refractivity contribution >= 4 is 5.91 Å². The zero-order valence-corrected chi connectivity index (χ0v) is 16.5. The molecule has 0 saturated carbocycles. The van der Waals surface area contributed by atoms with E-state index in [9.17, 15) is 9.59 Å². The zero-order valence-electron chi connectivity index (χ0n) is 16.5. The maximum Gasteiger partial charge on any atom is 0.437 e. The first-order chi connectivity index (χ1) is 14.0. The predicted molar refractivity (Wildman–Crippen MR) is 105 cm³/mol. The van der Waals surface area contributed by atoms with E-state index in [1.54, 1.807) is 20.1 Å². The van der Waals surface area contributed by atoms with Crippen molar-refractivity contribution in [2.75, 3.05) is 20.2 Å². The summed E-state index contributed by atoms with van der Waals surface area (Å²) in [5, 5.41) is 4.35. The van der Waals surface area contributed by atoms with E-state index in [1.165, 1.54) is 10.9 Å². The number of methoxy groups -OCH3 is 1. The smallest absolute Gasteiger partial charge is 0.437 e. The molecule has 8 nitrogen and oxygen atoms in total. The van der Waals surface area contributed by atoms with E-state index in [4.69, 9.17) is 13.6 Å². The van der Waals surface area contributed by atoms with Gasteiger partial charge in [0, 0.05) is 13.1 Å². The van der Waals surface area contributed by atoms with Crippen LogP contribution in [0.2, 0.25) is 0 Å². The Morgan fingerprint density at radius 3 is 2.76 bits per heavy atom. The van der Waals surface area contributed by atoms with Crippen LogP contribution in [-0.2, 0) is 11.2 Å². The molecule has 0 radical (unpaired) electrons. The van der Waals surface area contributed by atoms with Gasteiger partial charge in [0.2, 0.25) is 5.91 Å². The standard InChI is InChI=1S/C21H23N3O5/c1-14-18(8-11-28-14)20-22-24(21(26)29-20)16-6-9-23(10-7-16)19(25)13-15-4-3-5-17(12-15)27-2/h3-5,8,11-12,16H,6-7,9-10,13H2,1-2H3. The summed E-state index contributed by atoms with van der Waals surface area (Å²) >= 11 is 0. The second-order valence-electron chi connectivity index (χ2n) is 7.15. The molecule has 2 aromatic heterocycles. The summed E-state index contributed by atoms with van der Waals surface area (Å²) in [4.78, 5) is 26.8. The molecule has 29 heavy (non-hydrogen) atoms. The zero-order chi connectivity index (χ0) is 20.4. The van der Waals surface area contributed by atoms with Crippen molar-refractivity contribution in [3.05, 3.63) is 58.5 Å². The van der Waals surface area contributed by atoms with Gasteiger partial charge in [0.1, 0.15) is 11.5 Å². The fraction of sp³-hybridized carbons (Fsp3) is 0.381. The molecule has 8 heteroatoms. The molecule has 1 aromatic carbocycles. The number of nitrogens with zero attached hydrogens (tertiary/aromatic N) is 3. The fourth-order valence-electron chi connectivity index (χ4n) is 3.66. The maximum atomic E-state index is 12.6. The Balaban J connectivity index is 1.39. The number of carbonyl (C=O) groups excluding carboxylic acids is 1. The van der Waals surface area contributed by atoms with E-state index >= 15 is 0 Å². The van der Waals surface area contributed by atoms with Gasteiger partial charge in [-0.25, -0.2) is 4.79 Å². The summed E-state index contributed by atoms with van der Waals surface area (Å²) in [7, 11) is 1.61. The minimum absolute atomic E-state index is 0.0684. The lowest BCUT2D eigenvalue weighted by Gasteiger charge is -2.31. The number of aromatic nitrogens is 2. The van der Waals surface area contributed by atoms with Crippen molar-refractivity contribution in [1.29, 1.82) is 0 Å². The van der Waals surface area contributed by atoms with Gasteiger partial charge in [0.05, 0.1) is 31.4 Å². The van der Waals surface area contributed by atoms with Gasteiger partial charge in [-0.3, -0.25) is 4.79 Å². The van der Waals surface area contributed by atoms with Crippen LogP contribution in [0.5, 0.6) is 5.75 Å². The molecule has 1 saturated heterocycles. The van der Waals surface area contributed by atoms with Gasteiger partial charge < -0.3 is 18.5 Å². The summed E-state index contributed by atoms with van der Waals surface area (Å²) in [6.45, 7) is 2.94. The van der Waals surface area contributed by atoms with Gasteiger partial charge in [-0.1, -0.05) is 12.1 Å². The van der Waals surface area contributed by atoms with Crippen LogP contribution in [0.15, 0.2) is 50.2 Å². The molecule has 0 unspecified atom stereocenters. The van der Waals surface area contributed by atoms with Gasteiger partial charge in [0.15, 0.2) is 0 Å². The lowest BCUT2D eigenvalue weighted by molar-refractivity contribution is -0.131. The Kier molecular flexibility index (Phi) is 5.24. The molecule has 0 aliphatic carbocycles. The summed E-state index contributed by atoms with van der Waals surface area (Å²) < 4.78 is 17.2. The van der Waals surface area contributed by atoms with Crippen LogP contribution in [0.25, 0.3) is 11.5 Å². The Bertz CT molecular complexity index is 1060. The molecule has 1 aliphatic heterocycles. The van der Waals surface area contributed by atoms with Crippen LogP contribution in [0, 0.1) is 6.92 Å². The number of carbonyl (C=O) groups is 1. The number of benzene rings is 1. The first kappa shape index (κ1) is 19.0. The van der Waals surface area contributed by atoms with Crippen molar-refractivity contribution in [2.24, 2.45) is 0 Å². The lowest BCUT2D eigenvalue weighted by atomic mass is 10.0. The Morgan fingerprint density at radius 2 is 2.07 bits per heavy atom. The molecule has 1 fully saturated rings. The minimum atomic E-state index is -0.484. The van der Waals surface area contributed by atoms with E-state index < -0.39 is 5.76 Å². The summed E-state index contributed by atoms with van der Waals surface area (Å²) in [5.41, 5.74) is 1.59. The first-order valence-corrected chi connectivity index (χ1v) is 9.60. The van der Waals surface area contributed by atoms with Crippen LogP contribution < -0.4 is 10.5 Å². The second kappa shape index (κ2) is 7.98. The van der Waals surface area contributed by atoms with Crippen LogP contribution in [0.1, 0.15) is 30.2 Å². The quantitative estimate of drug-likeness (QED) is 0.658. The number of amides is 1. The molecule has 0 N–H and O–H groups in total. The number of likely N-dealkylation sites (tertiary alicyclic amines) is 1. The average molecular weight is 397 g/mol. The Labute approximate surface area is 167 Å². The highest BCUT2D eigenvalue weighted by molar-refractivity contribution is 5.79.